The SMILES string of the molecule is CCOC(=O)C1OC1c1ccc(OC)cc1-c1ccc(C)cc1. The fourth-order valence-electron chi connectivity index (χ4n) is 2.65. The number of ether oxygens (including phenoxy) is 3. The molecule has 2 aromatic carbocycles. The third kappa shape index (κ3) is 3.22. The van der Waals surface area contributed by atoms with E-state index in [1.165, 1.54) is 5.56 Å². The number of carbonyl (C=O) groups is 1. The van der Waals surface area contributed by atoms with Gasteiger partial charge < -0.3 is 14.2 Å². The number of carbonyl (C=O) groups excluding carboxylic acids is 1. The topological polar surface area (TPSA) is 48.1 Å². The molecule has 1 aliphatic heterocycles. The Kier molecular flexibility index (Phi) is 4.35. The first-order chi connectivity index (χ1) is 11.1. The lowest BCUT2D eigenvalue weighted by Gasteiger charge is -2.11. The van der Waals surface area contributed by atoms with E-state index in [1.807, 2.05) is 18.2 Å². The summed E-state index contributed by atoms with van der Waals surface area (Å²) < 4.78 is 15.9. The molecule has 4 nitrogen and oxygen atoms in total. The summed E-state index contributed by atoms with van der Waals surface area (Å²) in [4.78, 5) is 11.8. The highest BCUT2D eigenvalue weighted by Gasteiger charge is 2.48. The zero-order valence-electron chi connectivity index (χ0n) is 13.5. The zero-order chi connectivity index (χ0) is 16.4. The third-order valence-corrected chi connectivity index (χ3v) is 3.94. The Morgan fingerprint density at radius 1 is 1.17 bits per heavy atom. The van der Waals surface area contributed by atoms with E-state index in [2.05, 4.69) is 31.2 Å². The van der Waals surface area contributed by atoms with Gasteiger partial charge in [-0.2, -0.15) is 0 Å². The van der Waals surface area contributed by atoms with E-state index in [-0.39, 0.29) is 12.1 Å². The molecule has 4 heteroatoms. The lowest BCUT2D eigenvalue weighted by Crippen LogP contribution is -2.12. The van der Waals surface area contributed by atoms with Crippen LogP contribution in [-0.2, 0) is 14.3 Å². The standard InChI is InChI=1S/C19H20O4/c1-4-22-19(20)18-17(23-18)15-10-9-14(21-3)11-16(15)13-7-5-12(2)6-8-13/h5-11,17-18H,4H2,1-3H3. The maximum Gasteiger partial charge on any atom is 0.338 e. The summed E-state index contributed by atoms with van der Waals surface area (Å²) in [7, 11) is 1.64. The van der Waals surface area contributed by atoms with Gasteiger partial charge in [-0.25, -0.2) is 4.79 Å². The van der Waals surface area contributed by atoms with Crippen molar-refractivity contribution in [3.63, 3.8) is 0 Å². The molecule has 1 aliphatic rings. The highest BCUT2D eigenvalue weighted by atomic mass is 16.6. The summed E-state index contributed by atoms with van der Waals surface area (Å²) in [5, 5.41) is 0. The molecule has 1 saturated heterocycles. The molecule has 0 radical (unpaired) electrons. The molecule has 0 N–H and O–H groups in total. The van der Waals surface area contributed by atoms with Gasteiger partial charge in [-0.05, 0) is 42.7 Å². The predicted octanol–water partition coefficient (Wildman–Crippen LogP) is 3.67. The molecule has 3 rings (SSSR count). The van der Waals surface area contributed by atoms with Crippen LogP contribution in [0.15, 0.2) is 42.5 Å². The van der Waals surface area contributed by atoms with Crippen molar-refractivity contribution < 1.29 is 19.0 Å². The van der Waals surface area contributed by atoms with Crippen molar-refractivity contribution in [3.8, 4) is 16.9 Å². The Labute approximate surface area is 136 Å². The highest BCUT2D eigenvalue weighted by Crippen LogP contribution is 2.44. The van der Waals surface area contributed by atoms with E-state index >= 15 is 0 Å². The molecule has 2 atom stereocenters. The van der Waals surface area contributed by atoms with Gasteiger partial charge in [0, 0.05) is 0 Å². The third-order valence-electron chi connectivity index (χ3n) is 3.94. The van der Waals surface area contributed by atoms with Crippen molar-refractivity contribution in [2.45, 2.75) is 26.1 Å². The largest absolute Gasteiger partial charge is 0.497 e. The highest BCUT2D eigenvalue weighted by molar-refractivity contribution is 5.80. The number of rotatable bonds is 5. The van der Waals surface area contributed by atoms with E-state index in [0.29, 0.717) is 6.61 Å². The number of hydrogen-bond donors (Lipinski definition) is 0. The molecule has 0 aromatic heterocycles. The molecular weight excluding hydrogens is 292 g/mol. The maximum absolute atomic E-state index is 11.8. The average molecular weight is 312 g/mol. The van der Waals surface area contributed by atoms with Crippen molar-refractivity contribution >= 4 is 5.97 Å². The fourth-order valence-corrected chi connectivity index (χ4v) is 2.65. The van der Waals surface area contributed by atoms with Gasteiger partial charge in [0.05, 0.1) is 13.7 Å². The van der Waals surface area contributed by atoms with Gasteiger partial charge in [0.2, 0.25) is 0 Å². The first-order valence-corrected chi connectivity index (χ1v) is 7.71. The fraction of sp³-hybridized carbons (Fsp3) is 0.316. The Balaban J connectivity index is 1.95. The molecule has 23 heavy (non-hydrogen) atoms. The van der Waals surface area contributed by atoms with E-state index < -0.39 is 6.10 Å². The van der Waals surface area contributed by atoms with Crippen LogP contribution in [-0.4, -0.2) is 25.8 Å². The minimum absolute atomic E-state index is 0.253. The number of methoxy groups -OCH3 is 1. The number of hydrogen-bond acceptors (Lipinski definition) is 4. The lowest BCUT2D eigenvalue weighted by molar-refractivity contribution is -0.144. The Hall–Kier alpha value is -2.33. The van der Waals surface area contributed by atoms with Crippen molar-refractivity contribution in [2.75, 3.05) is 13.7 Å². The van der Waals surface area contributed by atoms with Gasteiger partial charge in [0.15, 0.2) is 6.10 Å². The quantitative estimate of drug-likeness (QED) is 0.624. The van der Waals surface area contributed by atoms with Crippen LogP contribution < -0.4 is 4.74 Å². The van der Waals surface area contributed by atoms with E-state index in [4.69, 9.17) is 14.2 Å². The van der Waals surface area contributed by atoms with Crippen LogP contribution in [0.3, 0.4) is 0 Å². The maximum atomic E-state index is 11.8. The summed E-state index contributed by atoms with van der Waals surface area (Å²) in [5.74, 6) is 0.473. The van der Waals surface area contributed by atoms with Gasteiger partial charge in [0.1, 0.15) is 11.9 Å². The lowest BCUT2D eigenvalue weighted by atomic mass is 9.95. The van der Waals surface area contributed by atoms with Gasteiger partial charge >= 0.3 is 5.97 Å². The van der Waals surface area contributed by atoms with Gasteiger partial charge in [-0.3, -0.25) is 0 Å². The van der Waals surface area contributed by atoms with Crippen molar-refractivity contribution in [2.24, 2.45) is 0 Å². The normalized spacial score (nSPS) is 19.3. The summed E-state index contributed by atoms with van der Waals surface area (Å²) in [6.45, 7) is 4.20. The number of aryl methyl sites for hydroxylation is 1. The molecule has 2 unspecified atom stereocenters. The van der Waals surface area contributed by atoms with Crippen LogP contribution in [0.4, 0.5) is 0 Å². The monoisotopic (exact) mass is 312 g/mol. The van der Waals surface area contributed by atoms with Crippen molar-refractivity contribution in [1.29, 1.82) is 0 Å². The van der Waals surface area contributed by atoms with E-state index in [0.717, 1.165) is 22.4 Å². The van der Waals surface area contributed by atoms with Crippen LogP contribution >= 0.6 is 0 Å². The van der Waals surface area contributed by atoms with E-state index in [1.54, 1.807) is 14.0 Å². The minimum atomic E-state index is -0.507. The minimum Gasteiger partial charge on any atom is -0.497 e. The number of esters is 1. The molecule has 120 valence electrons. The Morgan fingerprint density at radius 3 is 2.57 bits per heavy atom. The number of epoxide rings is 1. The molecule has 2 aromatic rings. The first kappa shape index (κ1) is 15.6. The molecule has 0 spiro atoms. The smallest absolute Gasteiger partial charge is 0.338 e. The summed E-state index contributed by atoms with van der Waals surface area (Å²) in [6, 6.07) is 14.1. The second kappa shape index (κ2) is 6.42. The molecule has 1 fully saturated rings. The van der Waals surface area contributed by atoms with Crippen LogP contribution in [0.2, 0.25) is 0 Å². The second-order valence-electron chi connectivity index (χ2n) is 5.55. The zero-order valence-corrected chi connectivity index (χ0v) is 13.5. The second-order valence-corrected chi connectivity index (χ2v) is 5.55. The van der Waals surface area contributed by atoms with Gasteiger partial charge in [-0.1, -0.05) is 35.9 Å². The molecule has 0 amide bonds. The Morgan fingerprint density at radius 2 is 1.91 bits per heavy atom. The van der Waals surface area contributed by atoms with Crippen LogP contribution in [0.25, 0.3) is 11.1 Å². The van der Waals surface area contributed by atoms with Crippen LogP contribution in [0, 0.1) is 6.92 Å². The van der Waals surface area contributed by atoms with Gasteiger partial charge in [0.25, 0.3) is 0 Å². The van der Waals surface area contributed by atoms with Crippen molar-refractivity contribution in [1.82, 2.24) is 0 Å². The predicted molar refractivity (Wildman–Crippen MR) is 87.4 cm³/mol. The van der Waals surface area contributed by atoms with Crippen LogP contribution in [0.1, 0.15) is 24.2 Å². The molecular formula is C19H20O4. The molecule has 0 aliphatic carbocycles. The van der Waals surface area contributed by atoms with Gasteiger partial charge in [-0.15, -0.1) is 0 Å². The van der Waals surface area contributed by atoms with E-state index in [9.17, 15) is 4.79 Å². The number of benzene rings is 2. The molecule has 1 heterocycles. The Bertz CT molecular complexity index is 706. The first-order valence-electron chi connectivity index (χ1n) is 7.71. The van der Waals surface area contributed by atoms with Crippen LogP contribution in [0.5, 0.6) is 5.75 Å². The summed E-state index contributed by atoms with van der Waals surface area (Å²) in [5.41, 5.74) is 4.27. The van der Waals surface area contributed by atoms with Crippen molar-refractivity contribution in [3.05, 3.63) is 53.6 Å². The summed E-state index contributed by atoms with van der Waals surface area (Å²) in [6.07, 6.45) is -0.760. The average Bonchev–Trinajstić information content (AvgIpc) is 3.36. The molecule has 0 saturated carbocycles. The summed E-state index contributed by atoms with van der Waals surface area (Å²) >= 11 is 0. The molecule has 0 bridgehead atoms.